The minimum atomic E-state index is 0.804. The topological polar surface area (TPSA) is 53.1 Å². The van der Waals surface area contributed by atoms with Gasteiger partial charge in [-0.25, -0.2) is 9.97 Å². The third kappa shape index (κ3) is 3.10. The smallest absolute Gasteiger partial charge is 0.134 e. The molecule has 0 amide bonds. The van der Waals surface area contributed by atoms with Crippen molar-refractivity contribution in [1.82, 2.24) is 15.3 Å². The third-order valence-corrected chi connectivity index (χ3v) is 3.51. The monoisotopic (exact) mass is 249 g/mol. The summed E-state index contributed by atoms with van der Waals surface area (Å²) in [5.41, 5.74) is 0. The van der Waals surface area contributed by atoms with Gasteiger partial charge in [-0.3, -0.25) is 0 Å². The molecular weight excluding hydrogens is 226 g/mol. The molecule has 100 valence electrons. The highest BCUT2D eigenvalue weighted by atomic mass is 15.2. The summed E-state index contributed by atoms with van der Waals surface area (Å²) in [5, 5.41) is 6.35. The molecule has 0 unspecified atom stereocenters. The second-order valence-corrected chi connectivity index (χ2v) is 4.90. The number of aryl methyl sites for hydroxylation is 1. The largest absolute Gasteiger partial charge is 0.373 e. The Bertz CT molecular complexity index is 385. The number of hydrogen-bond acceptors (Lipinski definition) is 5. The van der Waals surface area contributed by atoms with E-state index >= 15 is 0 Å². The van der Waals surface area contributed by atoms with Crippen molar-refractivity contribution in [2.24, 2.45) is 5.92 Å². The standard InChI is InChI=1S/C13H23N5/c1-10-16-12(15-3)8-13(17-10)18-6-4-11(5-7-18)9-14-2/h8,11,14H,4-7,9H2,1-3H3,(H,15,16,17). The number of anilines is 2. The molecule has 0 bridgehead atoms. The van der Waals surface area contributed by atoms with Gasteiger partial charge in [-0.2, -0.15) is 0 Å². The van der Waals surface area contributed by atoms with Crippen molar-refractivity contribution in [3.63, 3.8) is 0 Å². The molecule has 1 aliphatic heterocycles. The summed E-state index contributed by atoms with van der Waals surface area (Å²) in [7, 11) is 3.92. The number of piperidine rings is 1. The molecule has 1 saturated heterocycles. The van der Waals surface area contributed by atoms with Gasteiger partial charge in [-0.15, -0.1) is 0 Å². The maximum atomic E-state index is 4.54. The fraction of sp³-hybridized carbons (Fsp3) is 0.692. The van der Waals surface area contributed by atoms with Crippen LogP contribution in [0, 0.1) is 12.8 Å². The summed E-state index contributed by atoms with van der Waals surface area (Å²) in [6.07, 6.45) is 2.47. The fourth-order valence-electron chi connectivity index (χ4n) is 2.50. The molecule has 2 rings (SSSR count). The Morgan fingerprint density at radius 1 is 1.28 bits per heavy atom. The van der Waals surface area contributed by atoms with Gasteiger partial charge in [0.1, 0.15) is 17.5 Å². The third-order valence-electron chi connectivity index (χ3n) is 3.51. The number of nitrogens with zero attached hydrogens (tertiary/aromatic N) is 3. The second-order valence-electron chi connectivity index (χ2n) is 4.90. The van der Waals surface area contributed by atoms with E-state index in [1.165, 1.54) is 12.8 Å². The van der Waals surface area contributed by atoms with Crippen LogP contribution in [-0.2, 0) is 0 Å². The zero-order valence-electron chi connectivity index (χ0n) is 11.5. The van der Waals surface area contributed by atoms with E-state index in [9.17, 15) is 0 Å². The summed E-state index contributed by atoms with van der Waals surface area (Å²) in [6.45, 7) is 5.24. The highest BCUT2D eigenvalue weighted by Gasteiger charge is 2.20. The van der Waals surface area contributed by atoms with Crippen molar-refractivity contribution in [1.29, 1.82) is 0 Å². The minimum absolute atomic E-state index is 0.804. The van der Waals surface area contributed by atoms with Gasteiger partial charge in [0.05, 0.1) is 0 Å². The molecule has 1 aromatic heterocycles. The molecule has 0 aromatic carbocycles. The lowest BCUT2D eigenvalue weighted by Gasteiger charge is -2.32. The van der Waals surface area contributed by atoms with Crippen molar-refractivity contribution in [3.8, 4) is 0 Å². The highest BCUT2D eigenvalue weighted by Crippen LogP contribution is 2.22. The Hall–Kier alpha value is -1.36. The molecule has 2 heterocycles. The van der Waals surface area contributed by atoms with E-state index in [4.69, 9.17) is 0 Å². The normalized spacial score (nSPS) is 16.9. The first-order valence-electron chi connectivity index (χ1n) is 6.66. The number of hydrogen-bond donors (Lipinski definition) is 2. The van der Waals surface area contributed by atoms with Crippen LogP contribution in [0.4, 0.5) is 11.6 Å². The van der Waals surface area contributed by atoms with Crippen LogP contribution in [0.15, 0.2) is 6.07 Å². The van der Waals surface area contributed by atoms with E-state index in [1.54, 1.807) is 0 Å². The quantitative estimate of drug-likeness (QED) is 0.841. The molecule has 5 heteroatoms. The van der Waals surface area contributed by atoms with Crippen LogP contribution < -0.4 is 15.5 Å². The Morgan fingerprint density at radius 2 is 2.00 bits per heavy atom. The zero-order valence-corrected chi connectivity index (χ0v) is 11.5. The van der Waals surface area contributed by atoms with Gasteiger partial charge in [0, 0.05) is 26.2 Å². The first-order valence-corrected chi connectivity index (χ1v) is 6.66. The second kappa shape index (κ2) is 6.00. The SMILES string of the molecule is CNCC1CCN(c2cc(NC)nc(C)n2)CC1. The molecule has 1 aliphatic rings. The van der Waals surface area contributed by atoms with Crippen molar-refractivity contribution in [3.05, 3.63) is 11.9 Å². The van der Waals surface area contributed by atoms with Crippen molar-refractivity contribution in [2.75, 3.05) is 43.9 Å². The summed E-state index contributed by atoms with van der Waals surface area (Å²) >= 11 is 0. The lowest BCUT2D eigenvalue weighted by Crippen LogP contribution is -2.37. The molecule has 1 fully saturated rings. The van der Waals surface area contributed by atoms with Crippen molar-refractivity contribution < 1.29 is 0 Å². The molecule has 1 aromatic rings. The molecule has 0 atom stereocenters. The molecule has 18 heavy (non-hydrogen) atoms. The number of nitrogens with one attached hydrogen (secondary N) is 2. The lowest BCUT2D eigenvalue weighted by molar-refractivity contribution is 0.392. The Labute approximate surface area is 109 Å². The van der Waals surface area contributed by atoms with Gasteiger partial charge in [0.15, 0.2) is 0 Å². The van der Waals surface area contributed by atoms with E-state index in [0.717, 1.165) is 43.0 Å². The number of rotatable bonds is 4. The van der Waals surface area contributed by atoms with Gasteiger partial charge < -0.3 is 15.5 Å². The Morgan fingerprint density at radius 3 is 2.61 bits per heavy atom. The zero-order chi connectivity index (χ0) is 13.0. The molecule has 0 aliphatic carbocycles. The van der Waals surface area contributed by atoms with Crippen LogP contribution in [0.1, 0.15) is 18.7 Å². The predicted octanol–water partition coefficient (Wildman–Crippen LogP) is 1.26. The number of aromatic nitrogens is 2. The summed E-state index contributed by atoms with van der Waals surface area (Å²) in [5.74, 6) is 3.58. The molecule has 0 saturated carbocycles. The van der Waals surface area contributed by atoms with Crippen LogP contribution >= 0.6 is 0 Å². The molecule has 0 spiro atoms. The summed E-state index contributed by atoms with van der Waals surface area (Å²) in [4.78, 5) is 11.2. The lowest BCUT2D eigenvalue weighted by atomic mass is 9.97. The van der Waals surface area contributed by atoms with Crippen LogP contribution in [0.25, 0.3) is 0 Å². The fourth-order valence-corrected chi connectivity index (χ4v) is 2.50. The van der Waals surface area contributed by atoms with Crippen LogP contribution in [0.2, 0.25) is 0 Å². The maximum absolute atomic E-state index is 4.54. The molecule has 0 radical (unpaired) electrons. The van der Waals surface area contributed by atoms with E-state index in [0.29, 0.717) is 0 Å². The van der Waals surface area contributed by atoms with E-state index in [-0.39, 0.29) is 0 Å². The van der Waals surface area contributed by atoms with Crippen LogP contribution in [0.5, 0.6) is 0 Å². The first-order chi connectivity index (χ1) is 8.72. The minimum Gasteiger partial charge on any atom is -0.373 e. The molecule has 5 nitrogen and oxygen atoms in total. The van der Waals surface area contributed by atoms with E-state index in [2.05, 4.69) is 25.5 Å². The van der Waals surface area contributed by atoms with Gasteiger partial charge in [-0.1, -0.05) is 0 Å². The van der Waals surface area contributed by atoms with E-state index in [1.807, 2.05) is 27.1 Å². The summed E-state index contributed by atoms with van der Waals surface area (Å²) < 4.78 is 0. The van der Waals surface area contributed by atoms with Gasteiger partial charge in [0.2, 0.25) is 0 Å². The average Bonchev–Trinajstić information content (AvgIpc) is 2.39. The van der Waals surface area contributed by atoms with Gasteiger partial charge in [-0.05, 0) is 39.3 Å². The Kier molecular flexibility index (Phi) is 4.36. The maximum Gasteiger partial charge on any atom is 0.134 e. The predicted molar refractivity (Wildman–Crippen MR) is 75.2 cm³/mol. The van der Waals surface area contributed by atoms with E-state index < -0.39 is 0 Å². The molecular formula is C13H23N5. The van der Waals surface area contributed by atoms with Crippen molar-refractivity contribution in [2.45, 2.75) is 19.8 Å². The van der Waals surface area contributed by atoms with Gasteiger partial charge in [0.25, 0.3) is 0 Å². The Balaban J connectivity index is 2.02. The van der Waals surface area contributed by atoms with Crippen LogP contribution in [0.3, 0.4) is 0 Å². The first kappa shape index (κ1) is 13.1. The summed E-state index contributed by atoms with van der Waals surface area (Å²) in [6, 6.07) is 2.03. The highest BCUT2D eigenvalue weighted by molar-refractivity contribution is 5.49. The van der Waals surface area contributed by atoms with Crippen molar-refractivity contribution >= 4 is 11.6 Å². The average molecular weight is 249 g/mol. The van der Waals surface area contributed by atoms with Crippen LogP contribution in [-0.4, -0.2) is 43.7 Å². The molecule has 2 N–H and O–H groups in total. The van der Waals surface area contributed by atoms with Gasteiger partial charge >= 0.3 is 0 Å².